The zero-order chi connectivity index (χ0) is 12.8. The van der Waals surface area contributed by atoms with E-state index in [-0.39, 0.29) is 12.1 Å². The van der Waals surface area contributed by atoms with Crippen LogP contribution in [0.2, 0.25) is 0 Å². The van der Waals surface area contributed by atoms with E-state index >= 15 is 0 Å². The first-order valence-corrected chi connectivity index (χ1v) is 5.51. The van der Waals surface area contributed by atoms with Crippen molar-refractivity contribution < 1.29 is 13.2 Å². The monoisotopic (exact) mass is 253 g/mol. The highest BCUT2D eigenvalue weighted by atomic mass is 19.4. The zero-order valence-electron chi connectivity index (χ0n) is 9.33. The maximum atomic E-state index is 12.9. The van der Waals surface area contributed by atoms with Crippen molar-refractivity contribution in [2.75, 3.05) is 0 Å². The van der Waals surface area contributed by atoms with Crippen LogP contribution >= 0.6 is 0 Å². The van der Waals surface area contributed by atoms with E-state index in [1.165, 1.54) is 4.68 Å². The smallest absolute Gasteiger partial charge is 0.307 e. The quantitative estimate of drug-likeness (QED) is 0.846. The number of alkyl halides is 3. The van der Waals surface area contributed by atoms with Crippen LogP contribution in [0, 0.1) is 0 Å². The fourth-order valence-corrected chi connectivity index (χ4v) is 2.17. The van der Waals surface area contributed by atoms with E-state index in [1.807, 2.05) is 6.07 Å². The molecule has 2 heterocycles. The molecular weight excluding hydrogens is 243 g/mol. The number of rotatable bonds is 1. The molecule has 0 aliphatic carbocycles. The fraction of sp³-hybridized carbons (Fsp3) is 0.250. The summed E-state index contributed by atoms with van der Waals surface area (Å²) in [6.45, 7) is 0.629. The lowest BCUT2D eigenvalue weighted by Gasteiger charge is -2.06. The topological polar surface area (TPSA) is 29.9 Å². The fourth-order valence-electron chi connectivity index (χ4n) is 2.17. The summed E-state index contributed by atoms with van der Waals surface area (Å²) < 4.78 is 40.0. The van der Waals surface area contributed by atoms with Crippen molar-refractivity contribution in [3.8, 4) is 5.69 Å². The van der Waals surface area contributed by atoms with Crippen LogP contribution in [0.25, 0.3) is 5.69 Å². The van der Waals surface area contributed by atoms with Gasteiger partial charge in [-0.2, -0.15) is 18.3 Å². The molecule has 3 nitrogen and oxygen atoms in total. The summed E-state index contributed by atoms with van der Waals surface area (Å²) in [6, 6.07) is 8.85. The van der Waals surface area contributed by atoms with Crippen molar-refractivity contribution in [3.63, 3.8) is 0 Å². The van der Waals surface area contributed by atoms with Crippen molar-refractivity contribution in [1.29, 1.82) is 0 Å². The normalized spacial score (nSPS) is 14.8. The minimum Gasteiger partial charge on any atom is -0.307 e. The number of nitrogens with zero attached hydrogens (tertiary/aromatic N) is 2. The lowest BCUT2D eigenvalue weighted by Crippen LogP contribution is -2.13. The largest absolute Gasteiger partial charge is 0.435 e. The van der Waals surface area contributed by atoms with E-state index < -0.39 is 11.9 Å². The van der Waals surface area contributed by atoms with Crippen LogP contribution in [-0.4, -0.2) is 9.78 Å². The predicted octanol–water partition coefficient (Wildman–Crippen LogP) is 2.49. The number of benzene rings is 1. The zero-order valence-corrected chi connectivity index (χ0v) is 9.33. The lowest BCUT2D eigenvalue weighted by atomic mass is 10.2. The Hall–Kier alpha value is -1.82. The molecule has 1 aromatic heterocycles. The van der Waals surface area contributed by atoms with Crippen LogP contribution in [0.1, 0.15) is 17.0 Å². The van der Waals surface area contributed by atoms with E-state index in [0.717, 1.165) is 0 Å². The first-order chi connectivity index (χ1) is 8.57. The van der Waals surface area contributed by atoms with Gasteiger partial charge in [0.15, 0.2) is 5.69 Å². The molecular formula is C12H10F3N3. The van der Waals surface area contributed by atoms with Crippen LogP contribution in [0.5, 0.6) is 0 Å². The summed E-state index contributed by atoms with van der Waals surface area (Å²) in [6.07, 6.45) is -4.41. The van der Waals surface area contributed by atoms with Crippen LogP contribution in [0.3, 0.4) is 0 Å². The summed E-state index contributed by atoms with van der Waals surface area (Å²) in [5, 5.41) is 6.65. The molecule has 1 aliphatic heterocycles. The molecule has 1 N–H and O–H groups in total. The second-order valence-electron chi connectivity index (χ2n) is 4.12. The third-order valence-electron chi connectivity index (χ3n) is 2.95. The molecule has 1 aromatic carbocycles. The molecule has 18 heavy (non-hydrogen) atoms. The van der Waals surface area contributed by atoms with E-state index in [2.05, 4.69) is 10.4 Å². The predicted molar refractivity (Wildman–Crippen MR) is 59.1 cm³/mol. The van der Waals surface area contributed by atoms with E-state index in [1.54, 1.807) is 24.3 Å². The number of fused-ring (bicyclic) bond motifs is 1. The maximum Gasteiger partial charge on any atom is 0.435 e. The van der Waals surface area contributed by atoms with Gasteiger partial charge in [-0.05, 0) is 12.1 Å². The SMILES string of the molecule is FC(F)(F)c1nn(-c2ccccc2)c2c1CNC2. The van der Waals surface area contributed by atoms with Crippen LogP contribution in [0.15, 0.2) is 30.3 Å². The highest BCUT2D eigenvalue weighted by Gasteiger charge is 2.40. The van der Waals surface area contributed by atoms with E-state index in [0.29, 0.717) is 17.9 Å². The van der Waals surface area contributed by atoms with Crippen LogP contribution in [-0.2, 0) is 19.3 Å². The summed E-state index contributed by atoms with van der Waals surface area (Å²) in [5.41, 5.74) is 0.708. The lowest BCUT2D eigenvalue weighted by molar-refractivity contribution is -0.142. The van der Waals surface area contributed by atoms with Crippen molar-refractivity contribution in [3.05, 3.63) is 47.3 Å². The highest BCUT2D eigenvalue weighted by Crippen LogP contribution is 2.35. The summed E-state index contributed by atoms with van der Waals surface area (Å²) >= 11 is 0. The molecule has 0 saturated carbocycles. The molecule has 0 radical (unpaired) electrons. The van der Waals surface area contributed by atoms with Gasteiger partial charge in [0, 0.05) is 18.7 Å². The summed E-state index contributed by atoms with van der Waals surface area (Å²) in [4.78, 5) is 0. The number of aromatic nitrogens is 2. The third-order valence-corrected chi connectivity index (χ3v) is 2.95. The van der Waals surface area contributed by atoms with Crippen molar-refractivity contribution in [2.24, 2.45) is 0 Å². The van der Waals surface area contributed by atoms with Gasteiger partial charge in [-0.1, -0.05) is 18.2 Å². The maximum absolute atomic E-state index is 12.9. The van der Waals surface area contributed by atoms with E-state index in [4.69, 9.17) is 0 Å². The Morgan fingerprint density at radius 3 is 2.50 bits per heavy atom. The van der Waals surface area contributed by atoms with Gasteiger partial charge in [0.1, 0.15) is 0 Å². The number of hydrogen-bond donors (Lipinski definition) is 1. The molecule has 0 saturated heterocycles. The Morgan fingerprint density at radius 1 is 1.11 bits per heavy atom. The Labute approximate surface area is 101 Å². The van der Waals surface area contributed by atoms with Gasteiger partial charge in [0.2, 0.25) is 0 Å². The number of para-hydroxylation sites is 1. The average molecular weight is 253 g/mol. The summed E-state index contributed by atoms with van der Waals surface area (Å²) in [5.74, 6) is 0. The average Bonchev–Trinajstić information content (AvgIpc) is 2.89. The second-order valence-corrected chi connectivity index (χ2v) is 4.12. The molecule has 0 fully saturated rings. The van der Waals surface area contributed by atoms with Gasteiger partial charge in [-0.15, -0.1) is 0 Å². The van der Waals surface area contributed by atoms with Crippen LogP contribution in [0.4, 0.5) is 13.2 Å². The van der Waals surface area contributed by atoms with Gasteiger partial charge in [0.25, 0.3) is 0 Å². The van der Waals surface area contributed by atoms with Crippen molar-refractivity contribution in [1.82, 2.24) is 15.1 Å². The molecule has 3 rings (SSSR count). The van der Waals surface area contributed by atoms with Gasteiger partial charge in [-0.25, -0.2) is 4.68 Å². The molecule has 94 valence electrons. The van der Waals surface area contributed by atoms with Gasteiger partial charge in [-0.3, -0.25) is 0 Å². The Bertz CT molecular complexity index is 572. The molecule has 0 atom stereocenters. The molecule has 0 bridgehead atoms. The Balaban J connectivity index is 2.18. The first kappa shape index (κ1) is 11.3. The standard InChI is InChI=1S/C12H10F3N3/c13-12(14,15)11-9-6-16-7-10(9)18(17-11)8-4-2-1-3-5-8/h1-5,16H,6-7H2. The second kappa shape index (κ2) is 3.84. The molecule has 1 aliphatic rings. The van der Waals surface area contributed by atoms with Gasteiger partial charge in [0.05, 0.1) is 11.4 Å². The summed E-state index contributed by atoms with van der Waals surface area (Å²) in [7, 11) is 0. The third kappa shape index (κ3) is 1.69. The van der Waals surface area contributed by atoms with Crippen LogP contribution < -0.4 is 5.32 Å². The minimum atomic E-state index is -4.41. The van der Waals surface area contributed by atoms with Crippen molar-refractivity contribution in [2.45, 2.75) is 19.3 Å². The molecule has 2 aromatic rings. The highest BCUT2D eigenvalue weighted by molar-refractivity contribution is 5.40. The Morgan fingerprint density at radius 2 is 1.83 bits per heavy atom. The Kier molecular flexibility index (Phi) is 2.41. The molecule has 0 amide bonds. The number of hydrogen-bond acceptors (Lipinski definition) is 2. The molecule has 0 spiro atoms. The number of nitrogens with one attached hydrogen (secondary N) is 1. The van der Waals surface area contributed by atoms with Crippen molar-refractivity contribution >= 4 is 0 Å². The number of halogens is 3. The van der Waals surface area contributed by atoms with E-state index in [9.17, 15) is 13.2 Å². The molecule has 6 heteroatoms. The minimum absolute atomic E-state index is 0.219. The molecule has 0 unspecified atom stereocenters. The van der Waals surface area contributed by atoms with Gasteiger partial charge < -0.3 is 5.32 Å². The first-order valence-electron chi connectivity index (χ1n) is 5.51. The van der Waals surface area contributed by atoms with Gasteiger partial charge >= 0.3 is 6.18 Å².